The van der Waals surface area contributed by atoms with Gasteiger partial charge >= 0.3 is 0 Å². The van der Waals surface area contributed by atoms with E-state index in [1.807, 2.05) is 0 Å². The van der Waals surface area contributed by atoms with Crippen LogP contribution in [0.2, 0.25) is 5.02 Å². The minimum absolute atomic E-state index is 0.0318. The van der Waals surface area contributed by atoms with E-state index in [9.17, 15) is 18.5 Å². The summed E-state index contributed by atoms with van der Waals surface area (Å²) in [6.07, 6.45) is 5.09. The van der Waals surface area contributed by atoms with Gasteiger partial charge in [0.25, 0.3) is 15.7 Å². The molecule has 0 saturated carbocycles. The smallest absolute Gasteiger partial charge is 0.291 e. The summed E-state index contributed by atoms with van der Waals surface area (Å²) < 4.78 is 39.3. The number of rotatable bonds is 7. The van der Waals surface area contributed by atoms with E-state index in [2.05, 4.69) is 14.7 Å². The molecular formula is C20H13ClN4O6S. The van der Waals surface area contributed by atoms with Gasteiger partial charge in [0.15, 0.2) is 5.75 Å². The Hall–Kier alpha value is -3.96. The molecule has 2 aromatic carbocycles. The first kappa shape index (κ1) is 21.3. The van der Waals surface area contributed by atoms with Crippen molar-refractivity contribution in [1.29, 1.82) is 0 Å². The first-order valence-corrected chi connectivity index (χ1v) is 10.8. The molecular weight excluding hydrogens is 460 g/mol. The molecule has 0 aliphatic carbocycles. The number of nitrogens with zero attached hydrogens (tertiary/aromatic N) is 3. The summed E-state index contributed by atoms with van der Waals surface area (Å²) >= 11 is 5.92. The number of nitrogens with one attached hydrogen (secondary N) is 1. The second kappa shape index (κ2) is 8.65. The molecule has 162 valence electrons. The van der Waals surface area contributed by atoms with Gasteiger partial charge in [-0.1, -0.05) is 17.7 Å². The summed E-state index contributed by atoms with van der Waals surface area (Å²) in [6.45, 7) is 0. The van der Waals surface area contributed by atoms with E-state index in [1.54, 1.807) is 18.2 Å². The Labute approximate surface area is 186 Å². The molecule has 0 unspecified atom stereocenters. The summed E-state index contributed by atoms with van der Waals surface area (Å²) in [4.78, 5) is 18.1. The third-order valence-electron chi connectivity index (χ3n) is 4.14. The Kier molecular flexibility index (Phi) is 5.75. The number of hydrogen-bond acceptors (Lipinski definition) is 8. The third kappa shape index (κ3) is 4.68. The largest absolute Gasteiger partial charge is 0.455 e. The number of nitro groups is 1. The van der Waals surface area contributed by atoms with Crippen molar-refractivity contribution in [2.45, 2.75) is 4.90 Å². The lowest BCUT2D eigenvalue weighted by Gasteiger charge is -2.13. The maximum Gasteiger partial charge on any atom is 0.291 e. The van der Waals surface area contributed by atoms with Gasteiger partial charge in [-0.2, -0.15) is 0 Å². The zero-order valence-corrected chi connectivity index (χ0v) is 17.6. The van der Waals surface area contributed by atoms with Crippen molar-refractivity contribution in [3.05, 3.63) is 88.5 Å². The molecule has 0 spiro atoms. The fourth-order valence-electron chi connectivity index (χ4n) is 2.74. The van der Waals surface area contributed by atoms with Crippen LogP contribution in [0.5, 0.6) is 11.5 Å². The van der Waals surface area contributed by atoms with Gasteiger partial charge in [0.1, 0.15) is 18.2 Å². The molecule has 0 saturated heterocycles. The predicted octanol–water partition coefficient (Wildman–Crippen LogP) is 4.89. The monoisotopic (exact) mass is 472 g/mol. The summed E-state index contributed by atoms with van der Waals surface area (Å²) in [5.41, 5.74) is 0.328. The molecule has 32 heavy (non-hydrogen) atoms. The van der Waals surface area contributed by atoms with Gasteiger partial charge in [0, 0.05) is 11.1 Å². The number of pyridine rings is 1. The minimum atomic E-state index is -4.02. The Balaban J connectivity index is 1.74. The molecule has 0 bridgehead atoms. The fraction of sp³-hybridized carbons (Fsp3) is 0. The molecule has 2 aromatic heterocycles. The standard InChI is InChI=1S/C20H13ClN4O6S/c21-13-2-1-3-14(8-13)24-32(28,29)17-4-5-18(20-23-6-7-30-20)19(10-17)31-16-9-15(25(26)27)11-22-12-16/h1-12,24H. The zero-order valence-electron chi connectivity index (χ0n) is 16.0. The Morgan fingerprint density at radius 3 is 2.69 bits per heavy atom. The average Bonchev–Trinajstić information content (AvgIpc) is 3.28. The molecule has 4 aromatic rings. The van der Waals surface area contributed by atoms with Gasteiger partial charge in [0.2, 0.25) is 5.89 Å². The van der Waals surface area contributed by atoms with Crippen LogP contribution in [0.4, 0.5) is 11.4 Å². The molecule has 2 heterocycles. The van der Waals surface area contributed by atoms with Gasteiger partial charge in [-0.05, 0) is 30.3 Å². The number of aromatic nitrogens is 2. The van der Waals surface area contributed by atoms with Crippen molar-refractivity contribution in [1.82, 2.24) is 9.97 Å². The van der Waals surface area contributed by atoms with Crippen LogP contribution in [-0.2, 0) is 10.0 Å². The molecule has 0 aliphatic rings. The Bertz CT molecular complexity index is 1390. The van der Waals surface area contributed by atoms with Crippen LogP contribution in [0.3, 0.4) is 0 Å². The maximum atomic E-state index is 12.9. The number of benzene rings is 2. The predicted molar refractivity (Wildman–Crippen MR) is 115 cm³/mol. The summed E-state index contributed by atoms with van der Waals surface area (Å²) in [7, 11) is -4.02. The molecule has 4 rings (SSSR count). The van der Waals surface area contributed by atoms with E-state index in [-0.39, 0.29) is 33.7 Å². The van der Waals surface area contributed by atoms with E-state index in [0.717, 1.165) is 12.3 Å². The highest BCUT2D eigenvalue weighted by atomic mass is 35.5. The topological polar surface area (TPSA) is 137 Å². The first-order valence-electron chi connectivity index (χ1n) is 8.91. The summed E-state index contributed by atoms with van der Waals surface area (Å²) in [6, 6.07) is 11.5. The number of halogens is 1. The minimum Gasteiger partial charge on any atom is -0.455 e. The number of hydrogen-bond donors (Lipinski definition) is 1. The highest BCUT2D eigenvalue weighted by Crippen LogP contribution is 2.35. The molecule has 0 radical (unpaired) electrons. The van der Waals surface area contributed by atoms with E-state index in [4.69, 9.17) is 20.8 Å². The van der Waals surface area contributed by atoms with Gasteiger partial charge in [-0.3, -0.25) is 19.8 Å². The molecule has 0 atom stereocenters. The SMILES string of the molecule is O=[N+]([O-])c1cncc(Oc2cc(S(=O)(=O)Nc3cccc(Cl)c3)ccc2-c2ncco2)c1. The van der Waals surface area contributed by atoms with Gasteiger partial charge in [-0.25, -0.2) is 13.4 Å². The maximum absolute atomic E-state index is 12.9. The van der Waals surface area contributed by atoms with Crippen LogP contribution in [0.15, 0.2) is 82.7 Å². The normalized spacial score (nSPS) is 11.2. The van der Waals surface area contributed by atoms with Crippen molar-refractivity contribution in [2.24, 2.45) is 0 Å². The van der Waals surface area contributed by atoms with E-state index in [0.29, 0.717) is 10.6 Å². The third-order valence-corrected chi connectivity index (χ3v) is 5.75. The van der Waals surface area contributed by atoms with E-state index >= 15 is 0 Å². The van der Waals surface area contributed by atoms with Crippen LogP contribution in [0, 0.1) is 10.1 Å². The highest BCUT2D eigenvalue weighted by molar-refractivity contribution is 7.92. The molecule has 0 aliphatic heterocycles. The average molecular weight is 473 g/mol. The number of sulfonamides is 1. The lowest BCUT2D eigenvalue weighted by molar-refractivity contribution is -0.385. The van der Waals surface area contributed by atoms with Crippen LogP contribution in [0.1, 0.15) is 0 Å². The molecule has 12 heteroatoms. The highest BCUT2D eigenvalue weighted by Gasteiger charge is 2.20. The zero-order chi connectivity index (χ0) is 22.7. The lowest BCUT2D eigenvalue weighted by Crippen LogP contribution is -2.13. The van der Waals surface area contributed by atoms with E-state index < -0.39 is 14.9 Å². The number of oxazole rings is 1. The summed E-state index contributed by atoms with van der Waals surface area (Å²) in [5, 5.41) is 11.4. The van der Waals surface area contributed by atoms with Crippen molar-refractivity contribution in [3.8, 4) is 23.0 Å². The van der Waals surface area contributed by atoms with Gasteiger partial charge < -0.3 is 9.15 Å². The number of anilines is 1. The molecule has 1 N–H and O–H groups in total. The van der Waals surface area contributed by atoms with Gasteiger partial charge in [0.05, 0.1) is 39.5 Å². The lowest BCUT2D eigenvalue weighted by atomic mass is 10.2. The second-order valence-corrected chi connectivity index (χ2v) is 8.47. The van der Waals surface area contributed by atoms with Crippen LogP contribution >= 0.6 is 11.6 Å². The summed E-state index contributed by atoms with van der Waals surface area (Å²) in [5.74, 6) is 0.248. The Morgan fingerprint density at radius 2 is 1.97 bits per heavy atom. The quantitative estimate of drug-likeness (QED) is 0.296. The van der Waals surface area contributed by atoms with Crippen LogP contribution in [0.25, 0.3) is 11.5 Å². The fourth-order valence-corrected chi connectivity index (χ4v) is 4.00. The Morgan fingerprint density at radius 1 is 1.12 bits per heavy atom. The molecule has 0 fully saturated rings. The van der Waals surface area contributed by atoms with Crippen LogP contribution < -0.4 is 9.46 Å². The van der Waals surface area contributed by atoms with Crippen molar-refractivity contribution in [3.63, 3.8) is 0 Å². The van der Waals surface area contributed by atoms with Crippen molar-refractivity contribution >= 4 is 33.0 Å². The van der Waals surface area contributed by atoms with Crippen molar-refractivity contribution < 1.29 is 22.5 Å². The van der Waals surface area contributed by atoms with E-state index in [1.165, 1.54) is 42.9 Å². The van der Waals surface area contributed by atoms with Crippen LogP contribution in [-0.4, -0.2) is 23.3 Å². The van der Waals surface area contributed by atoms with Crippen molar-refractivity contribution in [2.75, 3.05) is 4.72 Å². The molecule has 0 amide bonds. The molecule has 10 nitrogen and oxygen atoms in total. The van der Waals surface area contributed by atoms with Gasteiger partial charge in [-0.15, -0.1) is 0 Å². The second-order valence-electron chi connectivity index (χ2n) is 6.35. The first-order chi connectivity index (χ1) is 15.3. The number of ether oxygens (including phenoxy) is 1.